The van der Waals surface area contributed by atoms with Crippen LogP contribution in [0, 0.1) is 5.82 Å². The topological polar surface area (TPSA) is 29.4 Å². The Kier molecular flexibility index (Phi) is 4.51. The van der Waals surface area contributed by atoms with E-state index < -0.39 is 28.2 Å². The Morgan fingerprint density at radius 1 is 1.35 bits per heavy atom. The molecule has 0 amide bonds. The third-order valence-electron chi connectivity index (χ3n) is 2.03. The van der Waals surface area contributed by atoms with E-state index in [0.29, 0.717) is 0 Å². The molecule has 1 aromatic rings. The van der Waals surface area contributed by atoms with Crippen LogP contribution in [0.3, 0.4) is 0 Å². The molecule has 5 heteroatoms. The molecule has 0 saturated heterocycles. The number of nitrogens with zero attached hydrogens (tertiary/aromatic N) is 1. The van der Waals surface area contributed by atoms with Crippen LogP contribution in [0.25, 0.3) is 0 Å². The Morgan fingerprint density at radius 3 is 2.41 bits per heavy atom. The van der Waals surface area contributed by atoms with Gasteiger partial charge in [0.15, 0.2) is 0 Å². The van der Waals surface area contributed by atoms with Crippen LogP contribution in [0.1, 0.15) is 26.3 Å². The summed E-state index contributed by atoms with van der Waals surface area (Å²) < 4.78 is 41.2. The lowest BCUT2D eigenvalue weighted by Crippen LogP contribution is -2.22. The molecule has 0 heterocycles. The van der Waals surface area contributed by atoms with Gasteiger partial charge in [0, 0.05) is 5.56 Å². The van der Waals surface area contributed by atoms with Crippen molar-refractivity contribution in [2.24, 2.45) is 4.40 Å². The summed E-state index contributed by atoms with van der Waals surface area (Å²) in [5.74, 6) is -0.560. The van der Waals surface area contributed by atoms with Crippen LogP contribution in [0.15, 0.2) is 28.7 Å². The first-order valence-electron chi connectivity index (χ1n) is 5.16. The van der Waals surface area contributed by atoms with Crippen molar-refractivity contribution >= 4 is 16.7 Å². The van der Waals surface area contributed by atoms with E-state index in [2.05, 4.69) is 4.40 Å². The molecule has 0 N–H and O–H groups in total. The predicted molar refractivity (Wildman–Crippen MR) is 66.8 cm³/mol. The number of hydrogen-bond donors (Lipinski definition) is 0. The second-order valence-electron chi connectivity index (χ2n) is 4.51. The van der Waals surface area contributed by atoms with E-state index in [1.165, 1.54) is 18.2 Å². The zero-order chi connectivity index (χ0) is 13.1. The van der Waals surface area contributed by atoms with Gasteiger partial charge in [0.1, 0.15) is 23.5 Å². The molecule has 1 unspecified atom stereocenters. The molecule has 0 saturated carbocycles. The summed E-state index contributed by atoms with van der Waals surface area (Å²) in [7, 11) is -1.59. The number of alkyl halides is 1. The Hall–Kier alpha value is -1.10. The Morgan fingerprint density at radius 2 is 1.94 bits per heavy atom. The highest BCUT2D eigenvalue weighted by molar-refractivity contribution is 7.85. The maximum absolute atomic E-state index is 13.4. The standard InChI is InChI=1S/C12H15F2NOS/c1-12(2,3)17(16)15-11(8-13)9-6-4-5-7-10(9)14/h4-7H,8H2,1-3H3. The van der Waals surface area contributed by atoms with E-state index in [1.54, 1.807) is 26.8 Å². The highest BCUT2D eigenvalue weighted by Crippen LogP contribution is 2.15. The van der Waals surface area contributed by atoms with Gasteiger partial charge in [-0.1, -0.05) is 18.2 Å². The van der Waals surface area contributed by atoms with Gasteiger partial charge >= 0.3 is 0 Å². The summed E-state index contributed by atoms with van der Waals surface area (Å²) >= 11 is 0. The highest BCUT2D eigenvalue weighted by atomic mass is 32.2. The molecule has 0 fully saturated rings. The van der Waals surface area contributed by atoms with Gasteiger partial charge in [-0.05, 0) is 26.8 Å². The molecule has 0 aliphatic carbocycles. The maximum Gasteiger partial charge on any atom is 0.145 e. The van der Waals surface area contributed by atoms with Crippen molar-refractivity contribution in [3.05, 3.63) is 35.6 Å². The number of rotatable bonds is 3. The monoisotopic (exact) mass is 259 g/mol. The smallest absolute Gasteiger partial charge is 0.145 e. The minimum absolute atomic E-state index is 0.0626. The number of halogens is 2. The average molecular weight is 259 g/mol. The summed E-state index contributed by atoms with van der Waals surface area (Å²) in [4.78, 5) is 0. The largest absolute Gasteiger partial charge is 0.244 e. The molecular weight excluding hydrogens is 244 g/mol. The second-order valence-corrected chi connectivity index (χ2v) is 6.42. The molecular formula is C12H15F2NOS. The fourth-order valence-corrected chi connectivity index (χ4v) is 1.70. The molecule has 0 spiro atoms. The van der Waals surface area contributed by atoms with E-state index in [0.717, 1.165) is 0 Å². The zero-order valence-electron chi connectivity index (χ0n) is 10.0. The van der Waals surface area contributed by atoms with Crippen LogP contribution in [-0.2, 0) is 11.0 Å². The second kappa shape index (κ2) is 5.49. The van der Waals surface area contributed by atoms with Crippen molar-refractivity contribution in [2.45, 2.75) is 25.5 Å². The van der Waals surface area contributed by atoms with Gasteiger partial charge in [0.25, 0.3) is 0 Å². The molecule has 0 aliphatic heterocycles. The molecule has 1 aromatic carbocycles. The van der Waals surface area contributed by atoms with Crippen LogP contribution in [0.2, 0.25) is 0 Å². The first-order valence-corrected chi connectivity index (χ1v) is 6.27. The molecule has 0 bridgehead atoms. The fourth-order valence-electron chi connectivity index (χ4n) is 1.08. The van der Waals surface area contributed by atoms with Gasteiger partial charge < -0.3 is 0 Å². The quantitative estimate of drug-likeness (QED) is 0.767. The van der Waals surface area contributed by atoms with Crippen molar-refractivity contribution in [1.82, 2.24) is 0 Å². The first kappa shape index (κ1) is 14.0. The lowest BCUT2D eigenvalue weighted by Gasteiger charge is -2.14. The molecule has 1 atom stereocenters. The summed E-state index contributed by atoms with van der Waals surface area (Å²) in [6.45, 7) is 4.24. The predicted octanol–water partition coefficient (Wildman–Crippen LogP) is 3.05. The lowest BCUT2D eigenvalue weighted by atomic mass is 10.1. The Labute approximate surface area is 102 Å². The number of benzene rings is 1. The Balaban J connectivity index is 3.13. The molecule has 17 heavy (non-hydrogen) atoms. The SMILES string of the molecule is CC(C)(C)S(=O)N=C(CF)c1ccccc1F. The van der Waals surface area contributed by atoms with Crippen molar-refractivity contribution in [2.75, 3.05) is 6.67 Å². The summed E-state index contributed by atoms with van der Waals surface area (Å²) in [6.07, 6.45) is 0. The van der Waals surface area contributed by atoms with E-state index in [1.807, 2.05) is 0 Å². The number of hydrogen-bond acceptors (Lipinski definition) is 1. The molecule has 0 radical (unpaired) electrons. The van der Waals surface area contributed by atoms with Crippen LogP contribution in [-0.4, -0.2) is 21.3 Å². The van der Waals surface area contributed by atoms with Gasteiger partial charge in [-0.15, -0.1) is 0 Å². The molecule has 2 nitrogen and oxygen atoms in total. The normalized spacial score (nSPS) is 14.8. The summed E-state index contributed by atoms with van der Waals surface area (Å²) in [5.41, 5.74) is -0.0519. The van der Waals surface area contributed by atoms with Gasteiger partial charge in [-0.3, -0.25) is 0 Å². The van der Waals surface area contributed by atoms with Crippen molar-refractivity contribution in [1.29, 1.82) is 0 Å². The van der Waals surface area contributed by atoms with Gasteiger partial charge in [-0.25, -0.2) is 13.0 Å². The van der Waals surface area contributed by atoms with Gasteiger partial charge in [0.2, 0.25) is 0 Å². The van der Waals surface area contributed by atoms with Crippen LogP contribution in [0.5, 0.6) is 0 Å². The highest BCUT2D eigenvalue weighted by Gasteiger charge is 2.20. The van der Waals surface area contributed by atoms with E-state index in [9.17, 15) is 13.0 Å². The molecule has 0 aromatic heterocycles. The lowest BCUT2D eigenvalue weighted by molar-refractivity contribution is 0.576. The summed E-state index contributed by atoms with van der Waals surface area (Å²) in [6, 6.07) is 5.74. The molecule has 1 rings (SSSR count). The minimum atomic E-state index is -1.59. The van der Waals surface area contributed by atoms with Gasteiger partial charge in [0.05, 0.1) is 10.5 Å². The van der Waals surface area contributed by atoms with E-state index >= 15 is 0 Å². The zero-order valence-corrected chi connectivity index (χ0v) is 10.9. The van der Waals surface area contributed by atoms with Crippen LogP contribution >= 0.6 is 0 Å². The summed E-state index contributed by atoms with van der Waals surface area (Å²) in [5, 5.41) is 0. The molecule has 0 aliphatic rings. The third-order valence-corrected chi connectivity index (χ3v) is 3.46. The van der Waals surface area contributed by atoms with E-state index in [-0.39, 0.29) is 11.3 Å². The first-order chi connectivity index (χ1) is 7.86. The van der Waals surface area contributed by atoms with Crippen molar-refractivity contribution < 1.29 is 13.0 Å². The fraction of sp³-hybridized carbons (Fsp3) is 0.417. The average Bonchev–Trinajstić information content (AvgIpc) is 2.25. The van der Waals surface area contributed by atoms with Crippen molar-refractivity contribution in [3.8, 4) is 0 Å². The van der Waals surface area contributed by atoms with Crippen LogP contribution in [0.4, 0.5) is 8.78 Å². The van der Waals surface area contributed by atoms with Crippen LogP contribution < -0.4 is 0 Å². The maximum atomic E-state index is 13.4. The van der Waals surface area contributed by atoms with Gasteiger partial charge in [-0.2, -0.15) is 4.40 Å². The third kappa shape index (κ3) is 3.70. The van der Waals surface area contributed by atoms with E-state index in [4.69, 9.17) is 0 Å². The van der Waals surface area contributed by atoms with Crippen molar-refractivity contribution in [3.63, 3.8) is 0 Å². The minimum Gasteiger partial charge on any atom is -0.244 e. The Bertz CT molecular complexity index is 452. The molecule has 94 valence electrons.